The number of likely N-dealkylation sites (tertiary alicyclic amines) is 1. The molecule has 3 aliphatic rings. The van der Waals surface area contributed by atoms with Crippen molar-refractivity contribution in [3.63, 3.8) is 0 Å². The minimum Gasteiger partial charge on any atom is -0.462 e. The van der Waals surface area contributed by atoms with E-state index in [1.165, 1.54) is 6.92 Å². The second-order valence-electron chi connectivity index (χ2n) is 12.5. The normalized spacial score (nSPS) is 26.2. The second-order valence-corrected chi connectivity index (χ2v) is 13.5. The van der Waals surface area contributed by atoms with Gasteiger partial charge in [-0.15, -0.1) is 11.3 Å². The summed E-state index contributed by atoms with van der Waals surface area (Å²) in [5.74, 6) is -2.61. The van der Waals surface area contributed by atoms with Gasteiger partial charge in [0.25, 0.3) is 0 Å². The number of nitriles is 1. The van der Waals surface area contributed by atoms with E-state index in [0.29, 0.717) is 17.4 Å². The first kappa shape index (κ1) is 26.8. The molecule has 0 saturated carbocycles. The maximum absolute atomic E-state index is 17.2. The van der Waals surface area contributed by atoms with Gasteiger partial charge in [-0.3, -0.25) is 0 Å². The number of nitrogens with zero attached hydrogens (tertiary/aromatic N) is 5. The molecule has 4 aromatic rings. The number of piperazine rings is 1. The second kappa shape index (κ2) is 11.8. The van der Waals surface area contributed by atoms with E-state index >= 15 is 17.6 Å². The van der Waals surface area contributed by atoms with Crippen LogP contribution in [0.1, 0.15) is 44.2 Å². The molecule has 2 aromatic heterocycles. The van der Waals surface area contributed by atoms with Gasteiger partial charge in [0.2, 0.25) is 0 Å². The molecule has 2 bridgehead atoms. The van der Waals surface area contributed by atoms with Crippen LogP contribution < -0.4 is 20.7 Å². The van der Waals surface area contributed by atoms with Crippen molar-refractivity contribution in [3.05, 3.63) is 52.9 Å². The van der Waals surface area contributed by atoms with Crippen molar-refractivity contribution in [1.29, 1.82) is 5.26 Å². The number of halogens is 6. The Kier molecular flexibility index (Phi) is 6.57. The average Bonchev–Trinajstić information content (AvgIpc) is 3.61. The van der Waals surface area contributed by atoms with Gasteiger partial charge in [0, 0.05) is 64.1 Å². The summed E-state index contributed by atoms with van der Waals surface area (Å²) < 4.78 is 138. The largest absolute Gasteiger partial charge is 0.462 e. The lowest BCUT2D eigenvalue weighted by atomic mass is 9.78. The molecule has 15 heteroatoms. The van der Waals surface area contributed by atoms with Crippen LogP contribution in [0, 0.1) is 28.4 Å². The molecular weight excluding hydrogens is 656 g/mol. The number of aromatic nitrogens is 2. The number of ether oxygens (including phenoxy) is 1. The molecule has 2 aromatic carbocycles. The van der Waals surface area contributed by atoms with Gasteiger partial charge in [-0.05, 0) is 49.5 Å². The number of thiophene rings is 1. The quantitative estimate of drug-likeness (QED) is 0.221. The zero-order chi connectivity index (χ0) is 38.4. The molecule has 0 amide bonds. The van der Waals surface area contributed by atoms with Crippen LogP contribution in [0.25, 0.3) is 32.1 Å². The lowest BCUT2D eigenvalue weighted by Crippen LogP contribution is -2.51. The fourth-order valence-corrected chi connectivity index (χ4v) is 7.92. The number of piperidine rings is 1. The third-order valence-corrected chi connectivity index (χ3v) is 10.3. The number of anilines is 2. The fourth-order valence-electron chi connectivity index (χ4n) is 6.97. The van der Waals surface area contributed by atoms with Crippen molar-refractivity contribution in [3.8, 4) is 23.2 Å². The summed E-state index contributed by atoms with van der Waals surface area (Å²) >= 11 is 0.621. The maximum atomic E-state index is 17.2. The van der Waals surface area contributed by atoms with Crippen molar-refractivity contribution >= 4 is 43.1 Å². The molecule has 8 nitrogen and oxygen atoms in total. The van der Waals surface area contributed by atoms with Gasteiger partial charge in [0.1, 0.15) is 34.8 Å². The number of nitrogens with two attached hydrogens (primary N) is 1. The molecule has 252 valence electrons. The molecule has 0 unspecified atom stereocenters. The molecule has 3 fully saturated rings. The lowest BCUT2D eigenvalue weighted by Gasteiger charge is -2.40. The van der Waals surface area contributed by atoms with E-state index in [9.17, 15) is 14.0 Å². The Labute approximate surface area is 282 Å². The van der Waals surface area contributed by atoms with E-state index in [0.717, 1.165) is 29.9 Å². The molecule has 0 aliphatic carbocycles. The molecule has 0 radical (unpaired) electrons. The number of hydrogen-bond donors (Lipinski definition) is 2. The number of alkyl halides is 3. The summed E-state index contributed by atoms with van der Waals surface area (Å²) in [6.45, 7) is -4.47. The minimum atomic E-state index is -5.19. The number of hydrogen-bond acceptors (Lipinski definition) is 9. The van der Waals surface area contributed by atoms with Crippen LogP contribution in [0.3, 0.4) is 0 Å². The van der Waals surface area contributed by atoms with Crippen LogP contribution in [-0.4, -0.2) is 66.7 Å². The van der Waals surface area contributed by atoms with Crippen LogP contribution >= 0.6 is 11.3 Å². The highest BCUT2D eigenvalue weighted by Gasteiger charge is 2.40. The molecule has 3 saturated heterocycles. The monoisotopic (exact) mass is 692 g/mol. The lowest BCUT2D eigenvalue weighted by molar-refractivity contribution is -0.137. The average molecular weight is 693 g/mol. The topological polar surface area (TPSA) is 103 Å². The molecule has 5 heterocycles. The number of fused-ring (bicyclic) bond motifs is 4. The SMILES string of the molecule is [2H]C([2H])([2H])N1CC/C(=C\F)[C@](C)(C([2H])([2H])Oc2nc(N3C[C@H]4CC[C@@H](C3)N4)c3cc(C(F)(F)F)c(-c4ccc(F)c5sc(N)c(C#N)c45)c(F)c3n2)C1. The van der Waals surface area contributed by atoms with Gasteiger partial charge < -0.3 is 25.6 Å². The Bertz CT molecular complexity index is 2210. The van der Waals surface area contributed by atoms with Gasteiger partial charge in [-0.25, -0.2) is 13.2 Å². The molecule has 48 heavy (non-hydrogen) atoms. The fraction of sp³-hybridized carbons (Fsp3) is 0.424. The summed E-state index contributed by atoms with van der Waals surface area (Å²) in [5, 5.41) is 12.3. The van der Waals surface area contributed by atoms with Crippen molar-refractivity contribution in [2.24, 2.45) is 5.41 Å². The van der Waals surface area contributed by atoms with Gasteiger partial charge in [0.05, 0.1) is 24.9 Å². The van der Waals surface area contributed by atoms with Crippen molar-refractivity contribution in [2.75, 3.05) is 50.3 Å². The minimum absolute atomic E-state index is 0.0778. The molecule has 3 atom stereocenters. The maximum Gasteiger partial charge on any atom is 0.417 e. The summed E-state index contributed by atoms with van der Waals surface area (Å²) in [6, 6.07) is 3.24. The molecule has 7 rings (SSSR count). The Morgan fingerprint density at radius 1 is 1.27 bits per heavy atom. The van der Waals surface area contributed by atoms with Gasteiger partial charge in [-0.1, -0.05) is 13.0 Å². The van der Waals surface area contributed by atoms with E-state index in [4.69, 9.17) is 17.3 Å². The van der Waals surface area contributed by atoms with Crippen molar-refractivity contribution in [1.82, 2.24) is 20.2 Å². The van der Waals surface area contributed by atoms with E-state index in [2.05, 4.69) is 15.3 Å². The highest BCUT2D eigenvalue weighted by atomic mass is 32.1. The van der Waals surface area contributed by atoms with Crippen molar-refractivity contribution in [2.45, 2.75) is 44.4 Å². The van der Waals surface area contributed by atoms with E-state index in [1.807, 2.05) is 0 Å². The Hall–Kier alpha value is -4.13. The van der Waals surface area contributed by atoms with Crippen LogP contribution in [0.2, 0.25) is 0 Å². The van der Waals surface area contributed by atoms with Crippen LogP contribution in [-0.2, 0) is 6.18 Å². The Balaban J connectivity index is 1.47. The van der Waals surface area contributed by atoms with E-state index in [-0.39, 0.29) is 81.9 Å². The standard InChI is InChI=1S/C33H31F6N7OS/c1-32(14-45(2)8-7-16(32)10-34)15-47-31-43-27-20(30(44-31)46-12-17-3-4-18(13-46)42-17)9-22(33(37,38)39)25(26(27)36)19-5-6-23(35)28-24(19)21(11-40)29(41)48-28/h5-6,9-10,17-18,42H,3-4,7-8,12-15,41H2,1-2H3/b16-10+/t17-,18+,32-/m0/s1/i2D3,15D2. The first-order valence-electron chi connectivity index (χ1n) is 17.5. The third-order valence-electron chi connectivity index (χ3n) is 9.28. The number of rotatable bonds is 5. The molecular formula is C33H31F6N7OS. The highest BCUT2D eigenvalue weighted by Crippen LogP contribution is 2.48. The van der Waals surface area contributed by atoms with Crippen LogP contribution in [0.4, 0.5) is 37.2 Å². The zero-order valence-corrected chi connectivity index (χ0v) is 26.1. The number of nitrogen functional groups attached to an aromatic ring is 1. The Morgan fingerprint density at radius 3 is 2.69 bits per heavy atom. The molecule has 3 aliphatic heterocycles. The number of benzene rings is 2. The Morgan fingerprint density at radius 2 is 2.02 bits per heavy atom. The third kappa shape index (κ3) is 5.39. The summed E-state index contributed by atoms with van der Waals surface area (Å²) in [5.41, 5.74) is -0.157. The van der Waals surface area contributed by atoms with Crippen LogP contribution in [0.5, 0.6) is 6.01 Å². The van der Waals surface area contributed by atoms with Gasteiger partial charge >= 0.3 is 12.2 Å². The number of nitrogens with one attached hydrogen (secondary N) is 1. The predicted octanol–water partition coefficient (Wildman–Crippen LogP) is 6.78. The molecule has 3 N–H and O–H groups in total. The highest BCUT2D eigenvalue weighted by molar-refractivity contribution is 7.23. The zero-order valence-electron chi connectivity index (χ0n) is 30.3. The van der Waals surface area contributed by atoms with Gasteiger partial charge in [-0.2, -0.15) is 28.4 Å². The first-order chi connectivity index (χ1) is 24.8. The van der Waals surface area contributed by atoms with E-state index < -0.39 is 71.5 Å². The van der Waals surface area contributed by atoms with Gasteiger partial charge in [0.15, 0.2) is 5.82 Å². The summed E-state index contributed by atoms with van der Waals surface area (Å²) in [4.78, 5) is 11.1. The summed E-state index contributed by atoms with van der Waals surface area (Å²) in [6.07, 6.45) is -3.66. The van der Waals surface area contributed by atoms with Crippen LogP contribution in [0.15, 0.2) is 30.1 Å². The molecule has 0 spiro atoms. The first-order valence-corrected chi connectivity index (χ1v) is 15.9. The predicted molar refractivity (Wildman–Crippen MR) is 171 cm³/mol. The van der Waals surface area contributed by atoms with Crippen molar-refractivity contribution < 1.29 is 37.9 Å². The van der Waals surface area contributed by atoms with E-state index in [1.54, 1.807) is 11.0 Å². The smallest absolute Gasteiger partial charge is 0.417 e. The summed E-state index contributed by atoms with van der Waals surface area (Å²) in [7, 11) is 0.